The van der Waals surface area contributed by atoms with Crippen molar-refractivity contribution < 1.29 is 13.3 Å². The number of unbranched alkanes of at least 4 members (excludes halogenated alkanes) is 9. The second-order valence-electron chi connectivity index (χ2n) is 7.77. The molecule has 0 atom stereocenters. The number of hydrogen-bond donors (Lipinski definition) is 0. The molecule has 0 fully saturated rings. The Kier molecular flexibility index (Phi) is 20.2. The Balaban J connectivity index is 1.27. The summed E-state index contributed by atoms with van der Waals surface area (Å²) in [6, 6.07) is 9.26. The third-order valence-corrected chi connectivity index (χ3v) is 22.6. The zero-order valence-electron chi connectivity index (χ0n) is 20.7. The monoisotopic (exact) mass is 647 g/mol. The smallest absolute Gasteiger partial charge is 0.377 e. The van der Waals surface area contributed by atoms with Gasteiger partial charge in [-0.05, 0) is 84.9 Å². The molecule has 0 N–H and O–H groups in total. The van der Waals surface area contributed by atoms with Gasteiger partial charge in [0.1, 0.15) is 0 Å². The van der Waals surface area contributed by atoms with Gasteiger partial charge >= 0.3 is 8.80 Å². The molecule has 2 rings (SSSR count). The molecule has 35 heavy (non-hydrogen) atoms. The van der Waals surface area contributed by atoms with Gasteiger partial charge in [-0.3, -0.25) is 0 Å². The van der Waals surface area contributed by atoms with Crippen LogP contribution >= 0.6 is 82.1 Å². The van der Waals surface area contributed by atoms with Crippen molar-refractivity contribution in [3.63, 3.8) is 0 Å². The molecule has 0 saturated heterocycles. The summed E-state index contributed by atoms with van der Waals surface area (Å²) in [7, 11) is 15.7. The fraction of sp³-hybridized carbons (Fsp3) is 0.682. The van der Waals surface area contributed by atoms with Crippen LogP contribution in [0.25, 0.3) is 10.2 Å². The summed E-state index contributed by atoms with van der Waals surface area (Å²) in [5.41, 5.74) is 1.10. The van der Waals surface area contributed by atoms with Gasteiger partial charge < -0.3 is 13.3 Å². The molecule has 0 aliphatic heterocycles. The third-order valence-electron chi connectivity index (χ3n) is 5.43. The van der Waals surface area contributed by atoms with Gasteiger partial charge in [0.25, 0.3) is 0 Å². The molecule has 0 aliphatic carbocycles. The van der Waals surface area contributed by atoms with Crippen LogP contribution in [0.15, 0.2) is 28.6 Å². The van der Waals surface area contributed by atoms with Gasteiger partial charge in [0, 0.05) is 33.1 Å². The van der Waals surface area contributed by atoms with Crippen LogP contribution in [0.5, 0.6) is 0 Å². The molecule has 1 aromatic carbocycles. The number of thiazole rings is 1. The maximum absolute atomic E-state index is 5.48. The van der Waals surface area contributed by atoms with Crippen molar-refractivity contribution in [1.29, 1.82) is 0 Å². The highest BCUT2D eigenvalue weighted by Gasteiger charge is 2.36. The van der Waals surface area contributed by atoms with Gasteiger partial charge in [-0.25, -0.2) is 4.98 Å². The number of benzene rings is 1. The van der Waals surface area contributed by atoms with E-state index in [9.17, 15) is 0 Å². The highest BCUT2D eigenvalue weighted by atomic mass is 33.9. The van der Waals surface area contributed by atoms with Crippen molar-refractivity contribution in [1.82, 2.24) is 4.98 Å². The van der Waals surface area contributed by atoms with Gasteiger partial charge in [0.05, 0.1) is 10.2 Å². The van der Waals surface area contributed by atoms with Crippen LogP contribution in [0, 0.1) is 0 Å². The summed E-state index contributed by atoms with van der Waals surface area (Å²) < 4.78 is 18.8. The lowest BCUT2D eigenvalue weighted by Gasteiger charge is -2.24. The van der Waals surface area contributed by atoms with Gasteiger partial charge in [-0.1, -0.05) is 74.3 Å². The maximum atomic E-state index is 5.48. The molecule has 200 valence electrons. The van der Waals surface area contributed by atoms with E-state index in [1.165, 1.54) is 68.2 Å². The van der Waals surface area contributed by atoms with Crippen molar-refractivity contribution in [3.8, 4) is 0 Å². The van der Waals surface area contributed by atoms with Crippen molar-refractivity contribution >= 4 is 101 Å². The van der Waals surface area contributed by atoms with E-state index >= 15 is 0 Å². The largest absolute Gasteiger partial charge is 0.500 e. The first-order valence-electron chi connectivity index (χ1n) is 11.9. The average Bonchev–Trinajstić information content (AvgIpc) is 3.31. The maximum Gasteiger partial charge on any atom is 0.500 e. The minimum Gasteiger partial charge on any atom is -0.377 e. The summed E-state index contributed by atoms with van der Waals surface area (Å²) in [5.74, 6) is 1.26. The molecule has 2 aromatic rings. The van der Waals surface area contributed by atoms with Crippen molar-refractivity contribution in [2.24, 2.45) is 0 Å². The predicted octanol–water partition coefficient (Wildman–Crippen LogP) is 11.1. The van der Waals surface area contributed by atoms with Gasteiger partial charge in [0.15, 0.2) is 4.34 Å². The van der Waals surface area contributed by atoms with Crippen LogP contribution in [-0.2, 0) is 13.3 Å². The Bertz CT molecular complexity index is 743. The number of nitrogens with zero attached hydrogens (tertiary/aromatic N) is 1. The average molecular weight is 648 g/mol. The zero-order chi connectivity index (χ0) is 25.0. The second kappa shape index (κ2) is 21.5. The van der Waals surface area contributed by atoms with E-state index in [1.54, 1.807) is 53.3 Å². The summed E-state index contributed by atoms with van der Waals surface area (Å²) in [5, 5.41) is 0. The third kappa shape index (κ3) is 14.6. The molecule has 0 aliphatic rings. The lowest BCUT2D eigenvalue weighted by Crippen LogP contribution is -2.42. The quantitative estimate of drug-likeness (QED) is 0.0657. The fourth-order valence-corrected chi connectivity index (χ4v) is 20.9. The van der Waals surface area contributed by atoms with Crippen LogP contribution < -0.4 is 0 Å². The standard InChI is InChI=1S/C22H37NO3S8Si/c1-24-35(25-2,26-3)19-15-11-9-7-5-4-6-8-10-14-18-27-30-32-34-33-31-29-22-23-20-16-12-13-17-21(20)28-22/h12-13,16-17H,4-11,14-15,18-19H2,1-3H3. The molecule has 0 amide bonds. The molecule has 0 unspecified atom stereocenters. The lowest BCUT2D eigenvalue weighted by atomic mass is 10.1. The number of rotatable bonds is 23. The molecule has 1 heterocycles. The zero-order valence-corrected chi connectivity index (χ0v) is 28.3. The van der Waals surface area contributed by atoms with E-state index in [4.69, 9.17) is 13.3 Å². The lowest BCUT2D eigenvalue weighted by molar-refractivity contribution is 0.122. The Labute approximate surface area is 243 Å². The van der Waals surface area contributed by atoms with E-state index in [1.807, 2.05) is 56.2 Å². The van der Waals surface area contributed by atoms with E-state index in [0.717, 1.165) is 22.3 Å². The minimum absolute atomic E-state index is 0.923. The molecule has 0 saturated carbocycles. The van der Waals surface area contributed by atoms with E-state index in [-0.39, 0.29) is 0 Å². The SMILES string of the molecule is CO[Si](CCCCCCCCCCCCSSSSSSSc1nc2ccccc2s1)(OC)OC. The molecule has 0 bridgehead atoms. The van der Waals surface area contributed by atoms with E-state index in [0.29, 0.717) is 0 Å². The van der Waals surface area contributed by atoms with E-state index < -0.39 is 8.80 Å². The van der Waals surface area contributed by atoms with Crippen molar-refractivity contribution in [2.45, 2.75) is 74.6 Å². The minimum atomic E-state index is -2.36. The van der Waals surface area contributed by atoms with Crippen LogP contribution in [0.1, 0.15) is 64.2 Å². The van der Waals surface area contributed by atoms with Crippen molar-refractivity contribution in [3.05, 3.63) is 24.3 Å². The summed E-state index contributed by atoms with van der Waals surface area (Å²) >= 11 is 1.77. The van der Waals surface area contributed by atoms with Crippen LogP contribution in [0.3, 0.4) is 0 Å². The molecular weight excluding hydrogens is 611 g/mol. The first kappa shape index (κ1) is 32.9. The Morgan fingerprint density at radius 1 is 0.714 bits per heavy atom. The molecule has 4 nitrogen and oxygen atoms in total. The Hall–Kier alpha value is 1.66. The fourth-order valence-electron chi connectivity index (χ4n) is 3.49. The first-order valence-corrected chi connectivity index (χ1v) is 23.6. The molecular formula is C22H37NO3S8Si. The Morgan fingerprint density at radius 2 is 1.29 bits per heavy atom. The van der Waals surface area contributed by atoms with Crippen LogP contribution in [0.4, 0.5) is 0 Å². The van der Waals surface area contributed by atoms with Gasteiger partial charge in [-0.2, -0.15) is 0 Å². The normalized spacial score (nSPS) is 12.1. The predicted molar refractivity (Wildman–Crippen MR) is 174 cm³/mol. The highest BCUT2D eigenvalue weighted by Crippen LogP contribution is 2.56. The second-order valence-corrected chi connectivity index (χ2v) is 23.4. The van der Waals surface area contributed by atoms with Gasteiger partial charge in [0.2, 0.25) is 0 Å². The van der Waals surface area contributed by atoms with Crippen LogP contribution in [-0.4, -0.2) is 40.9 Å². The molecule has 0 spiro atoms. The molecule has 0 radical (unpaired) electrons. The van der Waals surface area contributed by atoms with Gasteiger partial charge in [-0.15, -0.1) is 11.3 Å². The summed E-state index contributed by atoms with van der Waals surface area (Å²) in [6.45, 7) is 0. The number of aromatic nitrogens is 1. The van der Waals surface area contributed by atoms with Crippen LogP contribution in [0.2, 0.25) is 6.04 Å². The number of fused-ring (bicyclic) bond motifs is 1. The van der Waals surface area contributed by atoms with Crippen molar-refractivity contribution in [2.75, 3.05) is 27.1 Å². The summed E-state index contributed by atoms with van der Waals surface area (Å²) in [4.78, 5) is 4.65. The molecule has 13 heteroatoms. The Morgan fingerprint density at radius 3 is 1.94 bits per heavy atom. The highest BCUT2D eigenvalue weighted by molar-refractivity contribution is 9.46. The summed E-state index contributed by atoms with van der Waals surface area (Å²) in [6.07, 6.45) is 13.2. The van der Waals surface area contributed by atoms with E-state index in [2.05, 4.69) is 23.2 Å². The number of para-hydroxylation sites is 1. The topological polar surface area (TPSA) is 40.6 Å². The molecule has 1 aromatic heterocycles. The first-order chi connectivity index (χ1) is 17.2. The number of hydrogen-bond acceptors (Lipinski definition) is 12.